The number of nitrogens with two attached hydrogens (primary N) is 1. The van der Waals surface area contributed by atoms with Crippen LogP contribution in [0.15, 0.2) is 40.2 Å². The topological polar surface area (TPSA) is 26.0 Å². The Balaban J connectivity index is 1.67. The summed E-state index contributed by atoms with van der Waals surface area (Å²) in [4.78, 5) is 1.38. The van der Waals surface area contributed by atoms with Crippen LogP contribution in [0, 0.1) is 5.92 Å². The summed E-state index contributed by atoms with van der Waals surface area (Å²) >= 11 is 5.30. The number of benzene rings is 1. The molecule has 18 heavy (non-hydrogen) atoms. The summed E-state index contributed by atoms with van der Waals surface area (Å²) in [5.74, 6) is 0.600. The van der Waals surface area contributed by atoms with Crippen molar-refractivity contribution in [3.63, 3.8) is 0 Å². The molecule has 3 rings (SSSR count). The van der Waals surface area contributed by atoms with Crippen molar-refractivity contribution in [3.05, 3.63) is 56.2 Å². The van der Waals surface area contributed by atoms with E-state index in [4.69, 9.17) is 5.73 Å². The zero-order chi connectivity index (χ0) is 12.5. The maximum atomic E-state index is 6.39. The quantitative estimate of drug-likeness (QED) is 0.914. The third kappa shape index (κ3) is 2.53. The summed E-state index contributed by atoms with van der Waals surface area (Å²) in [5.41, 5.74) is 9.37. The Hall–Kier alpha value is -0.640. The molecular weight excluding hydrogens is 306 g/mol. The molecule has 0 saturated heterocycles. The molecule has 1 unspecified atom stereocenters. The van der Waals surface area contributed by atoms with Crippen molar-refractivity contribution in [1.82, 2.24) is 0 Å². The molecule has 94 valence electrons. The SMILES string of the molecule is NC(Cc1ccc(Br)s1)C1Cc2ccccc2C1. The van der Waals surface area contributed by atoms with Crippen molar-refractivity contribution in [2.75, 3.05) is 0 Å². The molecule has 1 heterocycles. The molecule has 0 saturated carbocycles. The molecule has 0 bridgehead atoms. The summed E-state index contributed by atoms with van der Waals surface area (Å²) in [6.07, 6.45) is 3.28. The number of rotatable bonds is 3. The van der Waals surface area contributed by atoms with E-state index in [2.05, 4.69) is 52.3 Å². The number of hydrogen-bond donors (Lipinski definition) is 1. The van der Waals surface area contributed by atoms with Crippen LogP contribution in [-0.2, 0) is 19.3 Å². The third-order valence-corrected chi connectivity index (χ3v) is 5.40. The van der Waals surface area contributed by atoms with E-state index in [0.29, 0.717) is 5.92 Å². The van der Waals surface area contributed by atoms with Gasteiger partial charge in [-0.3, -0.25) is 0 Å². The Bertz CT molecular complexity index is 524. The number of hydrogen-bond acceptors (Lipinski definition) is 2. The zero-order valence-electron chi connectivity index (χ0n) is 10.1. The molecular formula is C15H16BrNS. The summed E-state index contributed by atoms with van der Waals surface area (Å²) in [6, 6.07) is 13.3. The lowest BCUT2D eigenvalue weighted by molar-refractivity contribution is 0.439. The predicted molar refractivity (Wildman–Crippen MR) is 81.0 cm³/mol. The summed E-state index contributed by atoms with van der Waals surface area (Å²) in [5, 5.41) is 0. The van der Waals surface area contributed by atoms with Crippen LogP contribution in [0.5, 0.6) is 0 Å². The second kappa shape index (κ2) is 5.16. The molecule has 0 fully saturated rings. The van der Waals surface area contributed by atoms with Crippen molar-refractivity contribution < 1.29 is 0 Å². The van der Waals surface area contributed by atoms with E-state index in [1.807, 2.05) is 0 Å². The molecule has 1 aromatic heterocycles. The minimum atomic E-state index is 0.267. The van der Waals surface area contributed by atoms with Gasteiger partial charge in [-0.05, 0) is 64.4 Å². The zero-order valence-corrected chi connectivity index (χ0v) is 12.5. The highest BCUT2D eigenvalue weighted by Gasteiger charge is 2.26. The van der Waals surface area contributed by atoms with Gasteiger partial charge in [0.1, 0.15) is 0 Å². The Kier molecular flexibility index (Phi) is 3.55. The largest absolute Gasteiger partial charge is 0.327 e. The van der Waals surface area contributed by atoms with Crippen LogP contribution in [0.25, 0.3) is 0 Å². The maximum Gasteiger partial charge on any atom is 0.0701 e. The molecule has 3 heteroatoms. The van der Waals surface area contributed by atoms with Crippen molar-refractivity contribution >= 4 is 27.3 Å². The van der Waals surface area contributed by atoms with E-state index in [-0.39, 0.29) is 6.04 Å². The van der Waals surface area contributed by atoms with Gasteiger partial charge < -0.3 is 5.73 Å². The van der Waals surface area contributed by atoms with Crippen LogP contribution in [-0.4, -0.2) is 6.04 Å². The number of halogens is 1. The van der Waals surface area contributed by atoms with Crippen LogP contribution in [0.1, 0.15) is 16.0 Å². The van der Waals surface area contributed by atoms with Gasteiger partial charge in [-0.2, -0.15) is 0 Å². The molecule has 0 amide bonds. The molecule has 1 aromatic carbocycles. The second-order valence-electron chi connectivity index (χ2n) is 5.01. The minimum absolute atomic E-state index is 0.267. The van der Waals surface area contributed by atoms with Gasteiger partial charge in [0.15, 0.2) is 0 Å². The van der Waals surface area contributed by atoms with Crippen LogP contribution in [0.4, 0.5) is 0 Å². The average molecular weight is 322 g/mol. The molecule has 0 spiro atoms. The lowest BCUT2D eigenvalue weighted by Crippen LogP contribution is -2.32. The molecule has 1 aliphatic carbocycles. The van der Waals surface area contributed by atoms with Gasteiger partial charge in [0.05, 0.1) is 3.79 Å². The Morgan fingerprint density at radius 1 is 1.17 bits per heavy atom. The van der Waals surface area contributed by atoms with Gasteiger partial charge in [-0.15, -0.1) is 11.3 Å². The van der Waals surface area contributed by atoms with Crippen LogP contribution in [0.2, 0.25) is 0 Å². The highest BCUT2D eigenvalue weighted by molar-refractivity contribution is 9.11. The smallest absolute Gasteiger partial charge is 0.0701 e. The fraction of sp³-hybridized carbons (Fsp3) is 0.333. The fourth-order valence-corrected chi connectivity index (χ4v) is 4.31. The molecule has 1 nitrogen and oxygen atoms in total. The van der Waals surface area contributed by atoms with Gasteiger partial charge in [0, 0.05) is 10.9 Å². The standard InChI is InChI=1S/C15H16BrNS/c16-15-6-5-13(18-15)9-14(17)12-7-10-3-1-2-4-11(10)8-12/h1-6,12,14H,7-9,17H2. The van der Waals surface area contributed by atoms with Gasteiger partial charge in [-0.25, -0.2) is 0 Å². The van der Waals surface area contributed by atoms with E-state index in [1.165, 1.54) is 19.8 Å². The van der Waals surface area contributed by atoms with Gasteiger partial charge in [0.25, 0.3) is 0 Å². The van der Waals surface area contributed by atoms with Crippen molar-refractivity contribution in [3.8, 4) is 0 Å². The van der Waals surface area contributed by atoms with Gasteiger partial charge >= 0.3 is 0 Å². The number of thiophene rings is 1. The highest BCUT2D eigenvalue weighted by Crippen LogP contribution is 2.30. The summed E-state index contributed by atoms with van der Waals surface area (Å²) in [7, 11) is 0. The number of fused-ring (bicyclic) bond motifs is 1. The Labute approximate surface area is 120 Å². The molecule has 1 aliphatic rings. The first-order chi connectivity index (χ1) is 8.72. The minimum Gasteiger partial charge on any atom is -0.327 e. The van der Waals surface area contributed by atoms with Crippen molar-refractivity contribution in [2.24, 2.45) is 11.7 Å². The average Bonchev–Trinajstić information content (AvgIpc) is 2.95. The first kappa shape index (κ1) is 12.4. The first-order valence-electron chi connectivity index (χ1n) is 6.29. The fourth-order valence-electron chi connectivity index (χ4n) is 2.76. The Morgan fingerprint density at radius 2 is 1.83 bits per heavy atom. The monoisotopic (exact) mass is 321 g/mol. The predicted octanol–water partition coefficient (Wildman–Crippen LogP) is 3.80. The lowest BCUT2D eigenvalue weighted by atomic mass is 9.94. The summed E-state index contributed by atoms with van der Waals surface area (Å²) < 4.78 is 1.19. The van der Waals surface area contributed by atoms with E-state index >= 15 is 0 Å². The van der Waals surface area contributed by atoms with E-state index in [1.54, 1.807) is 11.3 Å². The first-order valence-corrected chi connectivity index (χ1v) is 7.90. The second-order valence-corrected chi connectivity index (χ2v) is 7.56. The normalized spacial score (nSPS) is 16.8. The summed E-state index contributed by atoms with van der Waals surface area (Å²) in [6.45, 7) is 0. The van der Waals surface area contributed by atoms with Gasteiger partial charge in [-0.1, -0.05) is 24.3 Å². The van der Waals surface area contributed by atoms with E-state index in [0.717, 1.165) is 19.3 Å². The molecule has 2 N–H and O–H groups in total. The lowest BCUT2D eigenvalue weighted by Gasteiger charge is -2.17. The third-order valence-electron chi connectivity index (χ3n) is 3.75. The van der Waals surface area contributed by atoms with Crippen molar-refractivity contribution in [1.29, 1.82) is 0 Å². The van der Waals surface area contributed by atoms with Gasteiger partial charge in [0.2, 0.25) is 0 Å². The molecule has 2 aromatic rings. The van der Waals surface area contributed by atoms with Crippen LogP contribution < -0.4 is 5.73 Å². The molecule has 0 aliphatic heterocycles. The van der Waals surface area contributed by atoms with E-state index in [9.17, 15) is 0 Å². The van der Waals surface area contributed by atoms with Crippen molar-refractivity contribution in [2.45, 2.75) is 25.3 Å². The molecule has 1 atom stereocenters. The Morgan fingerprint density at radius 3 is 2.39 bits per heavy atom. The molecule has 0 radical (unpaired) electrons. The van der Waals surface area contributed by atoms with Crippen LogP contribution >= 0.6 is 27.3 Å². The highest BCUT2D eigenvalue weighted by atomic mass is 79.9. The van der Waals surface area contributed by atoms with E-state index < -0.39 is 0 Å². The maximum absolute atomic E-state index is 6.39. The van der Waals surface area contributed by atoms with Crippen LogP contribution in [0.3, 0.4) is 0 Å².